The van der Waals surface area contributed by atoms with Crippen LogP contribution in [0.15, 0.2) is 42.5 Å². The first-order chi connectivity index (χ1) is 9.22. The van der Waals surface area contributed by atoms with Crippen molar-refractivity contribution in [2.24, 2.45) is 11.8 Å². The van der Waals surface area contributed by atoms with Gasteiger partial charge < -0.3 is 4.74 Å². The Morgan fingerprint density at radius 1 is 1.05 bits per heavy atom. The summed E-state index contributed by atoms with van der Waals surface area (Å²) in [4.78, 5) is 23.9. The lowest BCUT2D eigenvalue weighted by Gasteiger charge is -2.05. The Labute approximate surface area is 111 Å². The molecule has 3 nitrogen and oxygen atoms in total. The Hall–Kier alpha value is -2.16. The number of methoxy groups -OCH3 is 1. The maximum Gasteiger partial charge on any atom is 0.309 e. The second kappa shape index (κ2) is 4.50. The van der Waals surface area contributed by atoms with Crippen LogP contribution >= 0.6 is 0 Å². The molecule has 2 aromatic rings. The van der Waals surface area contributed by atoms with Crippen molar-refractivity contribution in [3.8, 4) is 0 Å². The molecule has 96 valence electrons. The standard InChI is InChI=1S/C16H14O3/c1-19-16(18)14-9-13(14)15(17)12-8-4-6-10-5-2-3-7-11(10)12/h2-8,13-14H,9H2,1H3/t13-,14+/m0/s1. The van der Waals surface area contributed by atoms with E-state index in [0.717, 1.165) is 10.8 Å². The molecule has 3 heteroatoms. The molecule has 3 rings (SSSR count). The van der Waals surface area contributed by atoms with Crippen LogP contribution in [0.1, 0.15) is 16.8 Å². The average Bonchev–Trinajstić information content (AvgIpc) is 3.25. The number of ether oxygens (including phenoxy) is 1. The Kier molecular flexibility index (Phi) is 2.82. The van der Waals surface area contributed by atoms with Gasteiger partial charge in [-0.3, -0.25) is 9.59 Å². The second-order valence-corrected chi connectivity index (χ2v) is 4.86. The smallest absolute Gasteiger partial charge is 0.309 e. The SMILES string of the molecule is COC(=O)[C@@H]1C[C@@H]1C(=O)c1cccc2ccccc12. The van der Waals surface area contributed by atoms with Gasteiger partial charge in [0.1, 0.15) is 0 Å². The predicted molar refractivity (Wildman–Crippen MR) is 71.9 cm³/mol. The van der Waals surface area contributed by atoms with Crippen molar-refractivity contribution in [1.82, 2.24) is 0 Å². The van der Waals surface area contributed by atoms with Crippen LogP contribution in [0.4, 0.5) is 0 Å². The van der Waals surface area contributed by atoms with Crippen molar-refractivity contribution in [1.29, 1.82) is 0 Å². The van der Waals surface area contributed by atoms with Crippen LogP contribution < -0.4 is 0 Å². The zero-order chi connectivity index (χ0) is 13.4. The lowest BCUT2D eigenvalue weighted by molar-refractivity contribution is -0.142. The maximum atomic E-state index is 12.4. The van der Waals surface area contributed by atoms with Gasteiger partial charge >= 0.3 is 5.97 Å². The minimum absolute atomic E-state index is 0.0483. The summed E-state index contributed by atoms with van der Waals surface area (Å²) in [7, 11) is 1.36. The highest BCUT2D eigenvalue weighted by atomic mass is 16.5. The zero-order valence-corrected chi connectivity index (χ0v) is 10.6. The first-order valence-corrected chi connectivity index (χ1v) is 6.32. The largest absolute Gasteiger partial charge is 0.469 e. The third kappa shape index (κ3) is 2.01. The first kappa shape index (κ1) is 11.9. The highest BCUT2D eigenvalue weighted by Crippen LogP contribution is 2.42. The van der Waals surface area contributed by atoms with Crippen molar-refractivity contribution >= 4 is 22.5 Å². The third-order valence-corrected chi connectivity index (χ3v) is 3.69. The molecule has 2 aromatic carbocycles. The number of hydrogen-bond acceptors (Lipinski definition) is 3. The van der Waals surface area contributed by atoms with Crippen molar-refractivity contribution in [3.05, 3.63) is 48.0 Å². The van der Waals surface area contributed by atoms with Gasteiger partial charge in [0.25, 0.3) is 0 Å². The van der Waals surface area contributed by atoms with Crippen LogP contribution in [0, 0.1) is 11.8 Å². The van der Waals surface area contributed by atoms with Gasteiger partial charge in [0.05, 0.1) is 13.0 Å². The van der Waals surface area contributed by atoms with Crippen molar-refractivity contribution in [2.75, 3.05) is 7.11 Å². The lowest BCUT2D eigenvalue weighted by Crippen LogP contribution is -2.10. The number of fused-ring (bicyclic) bond motifs is 1. The number of esters is 1. The number of carbonyl (C=O) groups is 2. The monoisotopic (exact) mass is 254 g/mol. The molecule has 1 aliphatic rings. The van der Waals surface area contributed by atoms with E-state index in [9.17, 15) is 9.59 Å². The van der Waals surface area contributed by atoms with Gasteiger partial charge in [-0.1, -0.05) is 42.5 Å². The Balaban J connectivity index is 1.93. The fraction of sp³-hybridized carbons (Fsp3) is 0.250. The normalized spacial score (nSPS) is 21.1. The van der Waals surface area contributed by atoms with Crippen LogP contribution in [0.25, 0.3) is 10.8 Å². The van der Waals surface area contributed by atoms with Gasteiger partial charge in [0, 0.05) is 11.5 Å². The molecule has 1 aliphatic carbocycles. The number of benzene rings is 2. The summed E-state index contributed by atoms with van der Waals surface area (Å²) in [5, 5.41) is 1.99. The van der Waals surface area contributed by atoms with E-state index < -0.39 is 0 Å². The fourth-order valence-corrected chi connectivity index (χ4v) is 2.54. The number of ketones is 1. The molecular formula is C16H14O3. The van der Waals surface area contributed by atoms with E-state index >= 15 is 0 Å². The van der Waals surface area contributed by atoms with E-state index in [1.54, 1.807) is 0 Å². The highest BCUT2D eigenvalue weighted by Gasteiger charge is 2.49. The van der Waals surface area contributed by atoms with Crippen LogP contribution in [0.2, 0.25) is 0 Å². The number of Topliss-reactive ketones (excluding diaryl/α,β-unsaturated/α-hetero) is 1. The molecule has 0 spiro atoms. The molecule has 0 bridgehead atoms. The first-order valence-electron chi connectivity index (χ1n) is 6.32. The van der Waals surface area contributed by atoms with Gasteiger partial charge in [-0.15, -0.1) is 0 Å². The number of rotatable bonds is 3. The van der Waals surface area contributed by atoms with Gasteiger partial charge in [-0.05, 0) is 17.2 Å². The molecule has 0 heterocycles. The van der Waals surface area contributed by atoms with E-state index in [0.29, 0.717) is 12.0 Å². The minimum atomic E-state index is -0.279. The van der Waals surface area contributed by atoms with Crippen molar-refractivity contribution in [3.63, 3.8) is 0 Å². The molecule has 0 unspecified atom stereocenters. The quantitative estimate of drug-likeness (QED) is 0.625. The summed E-state index contributed by atoms with van der Waals surface area (Å²) in [5.74, 6) is -0.694. The Morgan fingerprint density at radius 2 is 1.79 bits per heavy atom. The van der Waals surface area contributed by atoms with E-state index in [4.69, 9.17) is 0 Å². The van der Waals surface area contributed by atoms with Crippen LogP contribution in [0.5, 0.6) is 0 Å². The molecule has 1 saturated carbocycles. The second-order valence-electron chi connectivity index (χ2n) is 4.86. The molecule has 0 radical (unpaired) electrons. The van der Waals surface area contributed by atoms with E-state index in [2.05, 4.69) is 4.74 Å². The fourth-order valence-electron chi connectivity index (χ4n) is 2.54. The van der Waals surface area contributed by atoms with E-state index in [1.807, 2.05) is 42.5 Å². The molecule has 1 fully saturated rings. The molecule has 0 aliphatic heterocycles. The third-order valence-electron chi connectivity index (χ3n) is 3.69. The Morgan fingerprint density at radius 3 is 2.58 bits per heavy atom. The highest BCUT2D eigenvalue weighted by molar-refractivity contribution is 6.11. The molecular weight excluding hydrogens is 240 g/mol. The molecule has 0 amide bonds. The van der Waals surface area contributed by atoms with Crippen molar-refractivity contribution < 1.29 is 14.3 Å². The van der Waals surface area contributed by atoms with Gasteiger partial charge in [-0.2, -0.15) is 0 Å². The van der Waals surface area contributed by atoms with Crippen LogP contribution in [-0.4, -0.2) is 18.9 Å². The van der Waals surface area contributed by atoms with Crippen LogP contribution in [0.3, 0.4) is 0 Å². The summed E-state index contributed by atoms with van der Waals surface area (Å²) in [6, 6.07) is 13.5. The summed E-state index contributed by atoms with van der Waals surface area (Å²) in [5.41, 5.74) is 0.703. The summed E-state index contributed by atoms with van der Waals surface area (Å²) >= 11 is 0. The molecule has 19 heavy (non-hydrogen) atoms. The molecule has 2 atom stereocenters. The molecule has 0 saturated heterocycles. The number of hydrogen-bond donors (Lipinski definition) is 0. The summed E-state index contributed by atoms with van der Waals surface area (Å²) in [6.45, 7) is 0. The van der Waals surface area contributed by atoms with Crippen molar-refractivity contribution in [2.45, 2.75) is 6.42 Å². The minimum Gasteiger partial charge on any atom is -0.469 e. The summed E-state index contributed by atoms with van der Waals surface area (Å²) < 4.78 is 4.69. The maximum absolute atomic E-state index is 12.4. The van der Waals surface area contributed by atoms with E-state index in [1.165, 1.54) is 7.11 Å². The number of carbonyl (C=O) groups excluding carboxylic acids is 2. The molecule has 0 aromatic heterocycles. The predicted octanol–water partition coefficient (Wildman–Crippen LogP) is 2.83. The van der Waals surface area contributed by atoms with Gasteiger partial charge in [-0.25, -0.2) is 0 Å². The van der Waals surface area contributed by atoms with Gasteiger partial charge in [0.2, 0.25) is 0 Å². The van der Waals surface area contributed by atoms with Crippen LogP contribution in [-0.2, 0) is 9.53 Å². The van der Waals surface area contributed by atoms with E-state index in [-0.39, 0.29) is 23.6 Å². The topological polar surface area (TPSA) is 43.4 Å². The van der Waals surface area contributed by atoms with Gasteiger partial charge in [0.15, 0.2) is 5.78 Å². The Bertz CT molecular complexity index is 655. The average molecular weight is 254 g/mol. The lowest BCUT2D eigenvalue weighted by atomic mass is 9.98. The molecule has 0 N–H and O–H groups in total. The zero-order valence-electron chi connectivity index (χ0n) is 10.6. The summed E-state index contributed by atoms with van der Waals surface area (Å²) in [6.07, 6.45) is 0.606.